The fourth-order valence-corrected chi connectivity index (χ4v) is 5.11. The van der Waals surface area contributed by atoms with Crippen LogP contribution in [0.15, 0.2) is 114 Å². The lowest BCUT2D eigenvalue weighted by molar-refractivity contribution is 0.101. The van der Waals surface area contributed by atoms with Crippen LogP contribution in [-0.4, -0.2) is 27.9 Å². The van der Waals surface area contributed by atoms with Crippen molar-refractivity contribution in [2.24, 2.45) is 4.99 Å². The molecule has 5 aromatic rings. The molecule has 6 rings (SSSR count). The molecule has 1 aliphatic heterocycles. The van der Waals surface area contributed by atoms with E-state index in [9.17, 15) is 4.79 Å². The van der Waals surface area contributed by atoms with E-state index in [0.29, 0.717) is 23.5 Å². The average molecular weight is 541 g/mol. The Labute approximate surface area is 240 Å². The molecule has 0 spiro atoms. The van der Waals surface area contributed by atoms with Crippen LogP contribution in [0.2, 0.25) is 0 Å². The molecule has 2 N–H and O–H groups in total. The van der Waals surface area contributed by atoms with Gasteiger partial charge < -0.3 is 10.5 Å². The van der Waals surface area contributed by atoms with E-state index in [4.69, 9.17) is 20.6 Å². The molecule has 1 aromatic heterocycles. The lowest BCUT2D eigenvalue weighted by atomic mass is 9.91. The van der Waals surface area contributed by atoms with E-state index in [0.717, 1.165) is 50.3 Å². The number of hydrogen-bond acceptors (Lipinski definition) is 5. The summed E-state index contributed by atoms with van der Waals surface area (Å²) in [6.07, 6.45) is 5.71. The number of fused-ring (bicyclic) bond motifs is 1. The van der Waals surface area contributed by atoms with Crippen molar-refractivity contribution in [3.63, 3.8) is 0 Å². The van der Waals surface area contributed by atoms with Crippen molar-refractivity contribution < 1.29 is 9.53 Å². The van der Waals surface area contributed by atoms with Gasteiger partial charge in [0.05, 0.1) is 34.7 Å². The molecule has 0 saturated heterocycles. The van der Waals surface area contributed by atoms with Crippen LogP contribution < -0.4 is 5.73 Å². The van der Waals surface area contributed by atoms with E-state index in [1.807, 2.05) is 109 Å². The smallest absolute Gasteiger partial charge is 0.160 e. The van der Waals surface area contributed by atoms with Gasteiger partial charge in [0.2, 0.25) is 0 Å². The average Bonchev–Trinajstić information content (AvgIpc) is 3.43. The number of allylic oxidation sites excluding steroid dienone is 2. The first-order valence-corrected chi connectivity index (χ1v) is 13.1. The van der Waals surface area contributed by atoms with Gasteiger partial charge in [0.1, 0.15) is 6.61 Å². The van der Waals surface area contributed by atoms with Crippen LogP contribution in [0.3, 0.4) is 0 Å². The van der Waals surface area contributed by atoms with Gasteiger partial charge in [-0.3, -0.25) is 9.79 Å². The first-order valence-electron chi connectivity index (χ1n) is 13.1. The predicted molar refractivity (Wildman–Crippen MR) is 169 cm³/mol. The third-order valence-corrected chi connectivity index (χ3v) is 7.06. The summed E-state index contributed by atoms with van der Waals surface area (Å²) in [6.45, 7) is 4.05. The number of aromatic nitrogens is 2. The SMILES string of the molecule is C.CC(=O)c1ccc(-c2cc(C3=CCOC=C3)n(-c3ccccc3)n2)c2cccc(C(C)=Nc3ccccc3N)c12. The number of Topliss-reactive ketones (excluding diaryl/α,β-unsaturated/α-hetero) is 1. The second-order valence-electron chi connectivity index (χ2n) is 9.66. The maximum absolute atomic E-state index is 12.8. The monoisotopic (exact) mass is 540 g/mol. The lowest BCUT2D eigenvalue weighted by Crippen LogP contribution is -2.03. The van der Waals surface area contributed by atoms with Crippen molar-refractivity contribution in [1.29, 1.82) is 0 Å². The standard InChI is InChI=1S/C34H28N4O2.CH4/c1-22(36-31-14-7-6-13-30(31)35)26-11-8-12-29-28(16-15-27(23(2)39)34(26)29)32-21-33(24-17-19-40-20-18-24)38(37-32)25-9-4-3-5-10-25;/h3-19,21H,20,35H2,1-2H3;1H4. The third kappa shape index (κ3) is 5.20. The Bertz CT molecular complexity index is 1850. The molecular weight excluding hydrogens is 508 g/mol. The molecule has 2 heterocycles. The quantitative estimate of drug-likeness (QED) is 0.134. The highest BCUT2D eigenvalue weighted by Gasteiger charge is 2.20. The van der Waals surface area contributed by atoms with Gasteiger partial charge in [-0.1, -0.05) is 68.1 Å². The fourth-order valence-electron chi connectivity index (χ4n) is 5.11. The molecule has 0 aliphatic carbocycles. The second kappa shape index (κ2) is 11.5. The number of rotatable bonds is 6. The molecule has 0 amide bonds. The molecule has 0 radical (unpaired) electrons. The van der Waals surface area contributed by atoms with Gasteiger partial charge in [-0.05, 0) is 61.7 Å². The Balaban J connectivity index is 0.00000337. The summed E-state index contributed by atoms with van der Waals surface area (Å²) in [5.74, 6) is -0.0102. The summed E-state index contributed by atoms with van der Waals surface area (Å²) in [5, 5.41) is 6.86. The van der Waals surface area contributed by atoms with Crippen molar-refractivity contribution in [2.45, 2.75) is 21.3 Å². The lowest BCUT2D eigenvalue weighted by Gasteiger charge is -2.13. The van der Waals surface area contributed by atoms with Crippen LogP contribution in [0.5, 0.6) is 0 Å². The van der Waals surface area contributed by atoms with Crippen molar-refractivity contribution in [3.8, 4) is 16.9 Å². The topological polar surface area (TPSA) is 82.5 Å². The normalized spacial score (nSPS) is 12.9. The van der Waals surface area contributed by atoms with Gasteiger partial charge in [-0.15, -0.1) is 0 Å². The molecule has 0 saturated carbocycles. The van der Waals surface area contributed by atoms with Gasteiger partial charge in [0.15, 0.2) is 5.78 Å². The van der Waals surface area contributed by atoms with Gasteiger partial charge in [0, 0.05) is 33.4 Å². The molecule has 4 aromatic carbocycles. The molecular formula is C35H32N4O2. The zero-order valence-electron chi connectivity index (χ0n) is 22.3. The van der Waals surface area contributed by atoms with Gasteiger partial charge >= 0.3 is 0 Å². The summed E-state index contributed by atoms with van der Waals surface area (Å²) in [5.41, 5.74) is 14.4. The Kier molecular flexibility index (Phi) is 7.66. The number of aliphatic imine (C=N–C) groups is 1. The second-order valence-corrected chi connectivity index (χ2v) is 9.66. The van der Waals surface area contributed by atoms with Crippen molar-refractivity contribution in [2.75, 3.05) is 12.3 Å². The third-order valence-electron chi connectivity index (χ3n) is 7.06. The van der Waals surface area contributed by atoms with Crippen LogP contribution in [0.1, 0.15) is 42.9 Å². The van der Waals surface area contributed by atoms with Crippen molar-refractivity contribution in [1.82, 2.24) is 9.78 Å². The number of benzene rings is 4. The number of nitrogens with two attached hydrogens (primary N) is 1. The summed E-state index contributed by atoms with van der Waals surface area (Å²) < 4.78 is 7.35. The van der Waals surface area contributed by atoms with Gasteiger partial charge in [0.25, 0.3) is 0 Å². The number of hydrogen-bond donors (Lipinski definition) is 1. The number of ketones is 1. The minimum Gasteiger partial charge on any atom is -0.497 e. The highest BCUT2D eigenvalue weighted by atomic mass is 16.5. The molecule has 41 heavy (non-hydrogen) atoms. The predicted octanol–water partition coefficient (Wildman–Crippen LogP) is 8.18. The van der Waals surface area contributed by atoms with E-state index in [2.05, 4.69) is 6.07 Å². The van der Waals surface area contributed by atoms with Crippen LogP contribution in [0, 0.1) is 0 Å². The Morgan fingerprint density at radius 1 is 0.927 bits per heavy atom. The van der Waals surface area contributed by atoms with Gasteiger partial charge in [-0.25, -0.2) is 4.68 Å². The number of para-hydroxylation sites is 3. The summed E-state index contributed by atoms with van der Waals surface area (Å²) in [7, 11) is 0. The molecule has 0 atom stereocenters. The van der Waals surface area contributed by atoms with E-state index in [-0.39, 0.29) is 13.2 Å². The van der Waals surface area contributed by atoms with Crippen molar-refractivity contribution in [3.05, 3.63) is 126 Å². The number of carbonyl (C=O) groups is 1. The van der Waals surface area contributed by atoms with Crippen LogP contribution in [0.4, 0.5) is 11.4 Å². The Morgan fingerprint density at radius 2 is 1.71 bits per heavy atom. The van der Waals surface area contributed by atoms with E-state index in [1.165, 1.54) is 0 Å². The maximum atomic E-state index is 12.8. The summed E-state index contributed by atoms with van der Waals surface area (Å²) >= 11 is 0. The number of nitrogens with zero attached hydrogens (tertiary/aromatic N) is 3. The molecule has 204 valence electrons. The highest BCUT2D eigenvalue weighted by molar-refractivity contribution is 6.20. The molecule has 1 aliphatic rings. The number of nitrogen functional groups attached to an aromatic ring is 1. The number of ether oxygens (including phenoxy) is 1. The molecule has 6 heteroatoms. The molecule has 6 nitrogen and oxygen atoms in total. The largest absolute Gasteiger partial charge is 0.497 e. The van der Waals surface area contributed by atoms with E-state index in [1.54, 1.807) is 13.2 Å². The summed E-state index contributed by atoms with van der Waals surface area (Å²) in [4.78, 5) is 17.7. The molecule has 0 unspecified atom stereocenters. The van der Waals surface area contributed by atoms with Crippen LogP contribution >= 0.6 is 0 Å². The highest BCUT2D eigenvalue weighted by Crippen LogP contribution is 2.36. The maximum Gasteiger partial charge on any atom is 0.160 e. The minimum absolute atomic E-state index is 0. The van der Waals surface area contributed by atoms with Crippen molar-refractivity contribution >= 4 is 39.2 Å². The molecule has 0 fully saturated rings. The Morgan fingerprint density at radius 3 is 2.44 bits per heavy atom. The minimum atomic E-state index is -0.0102. The summed E-state index contributed by atoms with van der Waals surface area (Å²) in [6, 6.07) is 29.6. The van der Waals surface area contributed by atoms with Gasteiger partial charge in [-0.2, -0.15) is 5.10 Å². The zero-order valence-corrected chi connectivity index (χ0v) is 22.3. The first kappa shape index (κ1) is 27.3. The van der Waals surface area contributed by atoms with Crippen LogP contribution in [-0.2, 0) is 4.74 Å². The first-order chi connectivity index (χ1) is 19.5. The molecule has 0 bridgehead atoms. The fraction of sp³-hybridized carbons (Fsp3) is 0.114. The Hall–Kier alpha value is -5.23. The zero-order chi connectivity index (χ0) is 27.6. The van der Waals surface area contributed by atoms with E-state index < -0.39 is 0 Å². The van der Waals surface area contributed by atoms with E-state index >= 15 is 0 Å². The number of carbonyl (C=O) groups excluding carboxylic acids is 1. The number of anilines is 1. The van der Waals surface area contributed by atoms with Crippen LogP contribution in [0.25, 0.3) is 33.3 Å².